The van der Waals surface area contributed by atoms with Gasteiger partial charge >= 0.3 is 0 Å². The summed E-state index contributed by atoms with van der Waals surface area (Å²) >= 11 is 0. The molecule has 1 aliphatic rings. The molecule has 0 spiro atoms. The zero-order chi connectivity index (χ0) is 29.0. The summed E-state index contributed by atoms with van der Waals surface area (Å²) in [6.45, 7) is 0. The van der Waals surface area contributed by atoms with E-state index in [1.165, 1.54) is 38.1 Å². The number of anilines is 3. The van der Waals surface area contributed by atoms with E-state index in [9.17, 15) is 0 Å². The molecule has 8 aromatic rings. The molecule has 8 aromatic carbocycles. The van der Waals surface area contributed by atoms with Crippen molar-refractivity contribution in [1.82, 2.24) is 0 Å². The van der Waals surface area contributed by atoms with E-state index < -0.39 is 0 Å². The maximum absolute atomic E-state index is 6.44. The maximum Gasteiger partial charge on any atom is 0.135 e. The molecule has 1 aliphatic heterocycles. The first-order chi connectivity index (χ1) is 21.8. The van der Waals surface area contributed by atoms with E-state index in [2.05, 4.69) is 157 Å². The fraction of sp³-hybridized carbons (Fsp3) is 0. The lowest BCUT2D eigenvalue weighted by atomic mass is 9.89. The summed E-state index contributed by atoms with van der Waals surface area (Å²) in [6, 6.07) is 58.5. The Morgan fingerprint density at radius 2 is 0.841 bits per heavy atom. The molecule has 1 heterocycles. The van der Waals surface area contributed by atoms with Crippen LogP contribution in [0.2, 0.25) is 0 Å². The Hall–Kier alpha value is -5.86. The lowest BCUT2D eigenvalue weighted by Crippen LogP contribution is -2.12. The van der Waals surface area contributed by atoms with Crippen LogP contribution in [0.3, 0.4) is 0 Å². The van der Waals surface area contributed by atoms with Crippen molar-refractivity contribution in [2.45, 2.75) is 0 Å². The van der Waals surface area contributed by atoms with Crippen molar-refractivity contribution >= 4 is 49.4 Å². The van der Waals surface area contributed by atoms with E-state index in [1.807, 2.05) is 12.1 Å². The van der Waals surface area contributed by atoms with Crippen LogP contribution in [0, 0.1) is 0 Å². The van der Waals surface area contributed by atoms with Crippen molar-refractivity contribution in [2.24, 2.45) is 0 Å². The lowest BCUT2D eigenvalue weighted by molar-refractivity contribution is 0.487. The molecule has 0 fully saturated rings. The van der Waals surface area contributed by atoms with Gasteiger partial charge < -0.3 is 9.64 Å². The quantitative estimate of drug-likeness (QED) is 0.212. The third kappa shape index (κ3) is 3.75. The van der Waals surface area contributed by atoms with Crippen LogP contribution in [0.5, 0.6) is 11.5 Å². The van der Waals surface area contributed by atoms with Gasteiger partial charge in [0.05, 0.1) is 17.1 Å². The molecule has 2 nitrogen and oxygen atoms in total. The summed E-state index contributed by atoms with van der Waals surface area (Å²) in [5.74, 6) is 1.80. The van der Waals surface area contributed by atoms with Gasteiger partial charge in [-0.25, -0.2) is 0 Å². The van der Waals surface area contributed by atoms with E-state index in [4.69, 9.17) is 4.74 Å². The fourth-order valence-electron chi connectivity index (χ4n) is 6.91. The van der Waals surface area contributed by atoms with Gasteiger partial charge in [0, 0.05) is 27.3 Å². The monoisotopic (exact) mass is 561 g/mol. The smallest absolute Gasteiger partial charge is 0.135 e. The summed E-state index contributed by atoms with van der Waals surface area (Å²) in [7, 11) is 0. The molecular formula is C42H27NO. The van der Waals surface area contributed by atoms with Crippen LogP contribution in [0.25, 0.3) is 54.6 Å². The second-order valence-corrected chi connectivity index (χ2v) is 11.3. The predicted octanol–water partition coefficient (Wildman–Crippen LogP) is 12.1. The lowest BCUT2D eigenvalue weighted by Gasteiger charge is -2.30. The first-order valence-electron chi connectivity index (χ1n) is 15.0. The van der Waals surface area contributed by atoms with Crippen LogP contribution in [0.1, 0.15) is 0 Å². The number of nitrogens with zero attached hydrogens (tertiary/aromatic N) is 1. The maximum atomic E-state index is 6.44. The average Bonchev–Trinajstić information content (AvgIpc) is 3.09. The number of fused-ring (bicyclic) bond motifs is 4. The molecule has 0 aromatic heterocycles. The van der Waals surface area contributed by atoms with Gasteiger partial charge in [-0.15, -0.1) is 0 Å². The van der Waals surface area contributed by atoms with Crippen LogP contribution in [0.4, 0.5) is 17.1 Å². The molecule has 0 radical (unpaired) electrons. The highest BCUT2D eigenvalue weighted by atomic mass is 16.5. The number of para-hydroxylation sites is 2. The second-order valence-electron chi connectivity index (χ2n) is 11.3. The average molecular weight is 562 g/mol. The van der Waals surface area contributed by atoms with Crippen LogP contribution < -0.4 is 9.64 Å². The minimum atomic E-state index is 0.899. The molecule has 206 valence electrons. The Morgan fingerprint density at radius 3 is 1.59 bits per heavy atom. The standard InChI is InChI=1S/C42H27NO/c1-3-16-30-28(12-1)14-9-23-37(30)43(38-24-10-15-29-13-2-4-17-31(29)38)39-22-7-5-18-33(39)32-26-27-41-42-35(32)20-11-21-36(42)34-19-6-8-25-40(34)44-41/h1-27H. The second kappa shape index (κ2) is 9.86. The molecule has 0 amide bonds. The highest BCUT2D eigenvalue weighted by molar-refractivity contribution is 6.13. The van der Waals surface area contributed by atoms with Crippen LogP contribution in [-0.4, -0.2) is 0 Å². The van der Waals surface area contributed by atoms with E-state index >= 15 is 0 Å². The van der Waals surface area contributed by atoms with Gasteiger partial charge in [-0.05, 0) is 63.7 Å². The predicted molar refractivity (Wildman–Crippen MR) is 185 cm³/mol. The number of ether oxygens (including phenoxy) is 1. The minimum absolute atomic E-state index is 0.899. The molecule has 0 unspecified atom stereocenters. The van der Waals surface area contributed by atoms with Gasteiger partial charge in [-0.1, -0.05) is 127 Å². The van der Waals surface area contributed by atoms with Crippen molar-refractivity contribution in [2.75, 3.05) is 4.90 Å². The highest BCUT2D eigenvalue weighted by Gasteiger charge is 2.24. The molecule has 0 bridgehead atoms. The van der Waals surface area contributed by atoms with Crippen molar-refractivity contribution < 1.29 is 4.74 Å². The Labute approximate surface area is 256 Å². The van der Waals surface area contributed by atoms with E-state index in [-0.39, 0.29) is 0 Å². The summed E-state index contributed by atoms with van der Waals surface area (Å²) in [5, 5.41) is 7.17. The molecule has 2 heteroatoms. The molecule has 9 rings (SSSR count). The number of hydrogen-bond donors (Lipinski definition) is 0. The Bertz CT molecular complexity index is 2300. The van der Waals surface area contributed by atoms with E-state index in [1.54, 1.807) is 0 Å². The fourth-order valence-corrected chi connectivity index (χ4v) is 6.91. The van der Waals surface area contributed by atoms with Crippen LogP contribution >= 0.6 is 0 Å². The van der Waals surface area contributed by atoms with Crippen molar-refractivity contribution in [3.05, 3.63) is 164 Å². The highest BCUT2D eigenvalue weighted by Crippen LogP contribution is 2.51. The first kappa shape index (κ1) is 24.7. The zero-order valence-corrected chi connectivity index (χ0v) is 23.9. The zero-order valence-electron chi connectivity index (χ0n) is 23.9. The van der Waals surface area contributed by atoms with E-state index in [0.29, 0.717) is 0 Å². The van der Waals surface area contributed by atoms with E-state index in [0.717, 1.165) is 45.1 Å². The van der Waals surface area contributed by atoms with Crippen molar-refractivity contribution in [3.8, 4) is 33.8 Å². The summed E-state index contributed by atoms with van der Waals surface area (Å²) in [5.41, 5.74) is 8.09. The number of benzene rings is 8. The summed E-state index contributed by atoms with van der Waals surface area (Å²) in [4.78, 5) is 2.45. The Morgan fingerprint density at radius 1 is 0.318 bits per heavy atom. The SMILES string of the molecule is c1ccc2c(c1)Oc1ccc(-c3ccccc3N(c3cccc4ccccc34)c3cccc4ccccc34)c3cccc-2c13. The minimum Gasteiger partial charge on any atom is -0.456 e. The van der Waals surface area contributed by atoms with Crippen LogP contribution in [0.15, 0.2) is 164 Å². The van der Waals surface area contributed by atoms with Crippen LogP contribution in [-0.2, 0) is 0 Å². The molecule has 0 N–H and O–H groups in total. The topological polar surface area (TPSA) is 12.5 Å². The summed E-state index contributed by atoms with van der Waals surface area (Å²) < 4.78 is 6.44. The summed E-state index contributed by atoms with van der Waals surface area (Å²) in [6.07, 6.45) is 0. The normalized spacial score (nSPS) is 11.8. The molecule has 44 heavy (non-hydrogen) atoms. The third-order valence-corrected chi connectivity index (χ3v) is 8.85. The third-order valence-electron chi connectivity index (χ3n) is 8.85. The molecule has 0 aliphatic carbocycles. The largest absolute Gasteiger partial charge is 0.456 e. The molecule has 0 atom stereocenters. The van der Waals surface area contributed by atoms with Crippen molar-refractivity contribution in [3.63, 3.8) is 0 Å². The molecular weight excluding hydrogens is 534 g/mol. The van der Waals surface area contributed by atoms with Gasteiger partial charge in [-0.2, -0.15) is 0 Å². The van der Waals surface area contributed by atoms with Gasteiger partial charge in [0.25, 0.3) is 0 Å². The van der Waals surface area contributed by atoms with Gasteiger partial charge in [-0.3, -0.25) is 0 Å². The van der Waals surface area contributed by atoms with Gasteiger partial charge in [0.15, 0.2) is 0 Å². The Kier molecular flexibility index (Phi) is 5.54. The molecule has 0 saturated carbocycles. The Balaban J connectivity index is 1.35. The number of rotatable bonds is 4. The molecule has 0 saturated heterocycles. The number of hydrogen-bond acceptors (Lipinski definition) is 2. The van der Waals surface area contributed by atoms with Crippen molar-refractivity contribution in [1.29, 1.82) is 0 Å². The van der Waals surface area contributed by atoms with Gasteiger partial charge in [0.1, 0.15) is 11.5 Å². The first-order valence-corrected chi connectivity index (χ1v) is 15.0. The van der Waals surface area contributed by atoms with Gasteiger partial charge in [0.2, 0.25) is 0 Å².